The molecule has 0 atom stereocenters. The van der Waals surface area contributed by atoms with Crippen LogP contribution < -0.4 is 0 Å². The number of nitrogens with zero attached hydrogens (tertiary/aromatic N) is 4. The number of aryl methyl sites for hydroxylation is 1. The zero-order valence-electron chi connectivity index (χ0n) is 9.90. The first kappa shape index (κ1) is 12.4. The van der Waals surface area contributed by atoms with E-state index in [0.29, 0.717) is 16.3 Å². The third kappa shape index (κ3) is 2.07. The van der Waals surface area contributed by atoms with Gasteiger partial charge in [0.15, 0.2) is 16.3 Å². The second kappa shape index (κ2) is 3.92. The highest BCUT2D eigenvalue weighted by Gasteiger charge is 2.36. The predicted octanol–water partition coefficient (Wildman–Crippen LogP) is 2.69. The number of halogens is 3. The van der Waals surface area contributed by atoms with Crippen LogP contribution in [0.3, 0.4) is 0 Å². The lowest BCUT2D eigenvalue weighted by Gasteiger charge is -2.04. The summed E-state index contributed by atoms with van der Waals surface area (Å²) in [5, 5.41) is 10.1. The number of nitrogens with one attached hydrogen (secondary N) is 1. The lowest BCUT2D eigenvalue weighted by atomic mass is 10.3. The van der Waals surface area contributed by atoms with Crippen molar-refractivity contribution in [1.82, 2.24) is 24.5 Å². The van der Waals surface area contributed by atoms with Crippen LogP contribution in [0.15, 0.2) is 6.07 Å². The summed E-state index contributed by atoms with van der Waals surface area (Å²) >= 11 is 5.11. The van der Waals surface area contributed by atoms with Crippen LogP contribution in [0, 0.1) is 4.77 Å². The number of hydrogen-bond acceptors (Lipinski definition) is 3. The Labute approximate surface area is 111 Å². The summed E-state index contributed by atoms with van der Waals surface area (Å²) < 4.78 is 41.3. The van der Waals surface area contributed by atoms with Crippen molar-refractivity contribution < 1.29 is 13.2 Å². The fourth-order valence-electron chi connectivity index (χ4n) is 1.97. The van der Waals surface area contributed by atoms with Gasteiger partial charge in [-0.25, -0.2) is 0 Å². The molecule has 102 valence electrons. The molecule has 0 spiro atoms. The molecule has 0 aromatic carbocycles. The molecule has 1 N–H and O–H groups in total. The minimum atomic E-state index is -4.46. The van der Waals surface area contributed by atoms with Gasteiger partial charge < -0.3 is 0 Å². The van der Waals surface area contributed by atoms with Gasteiger partial charge in [0.05, 0.1) is 0 Å². The van der Waals surface area contributed by atoms with E-state index in [9.17, 15) is 13.2 Å². The highest BCUT2D eigenvalue weighted by atomic mass is 32.1. The van der Waals surface area contributed by atoms with Crippen molar-refractivity contribution in [2.45, 2.75) is 25.1 Å². The van der Waals surface area contributed by atoms with Gasteiger partial charge in [-0.2, -0.15) is 23.4 Å². The Kier molecular flexibility index (Phi) is 2.56. The highest BCUT2D eigenvalue weighted by molar-refractivity contribution is 7.71. The molecule has 9 heteroatoms. The number of hydrogen-bond donors (Lipinski definition) is 1. The van der Waals surface area contributed by atoms with Crippen LogP contribution in [0.25, 0.3) is 11.5 Å². The highest BCUT2D eigenvalue weighted by Crippen LogP contribution is 2.38. The van der Waals surface area contributed by atoms with Gasteiger partial charge in [-0.15, -0.1) is 0 Å². The minimum absolute atomic E-state index is 0.227. The molecule has 2 aromatic heterocycles. The Balaban J connectivity index is 2.12. The first-order valence-electron chi connectivity index (χ1n) is 5.66. The van der Waals surface area contributed by atoms with Crippen LogP contribution in [-0.4, -0.2) is 24.5 Å². The van der Waals surface area contributed by atoms with Crippen LogP contribution in [-0.2, 0) is 13.2 Å². The summed E-state index contributed by atoms with van der Waals surface area (Å²) in [6.45, 7) is 0. The molecule has 2 heterocycles. The first-order valence-corrected chi connectivity index (χ1v) is 6.07. The number of alkyl halides is 3. The summed E-state index contributed by atoms with van der Waals surface area (Å²) in [5.74, 6) is 0.401. The second-order valence-electron chi connectivity index (χ2n) is 4.49. The van der Waals surface area contributed by atoms with Gasteiger partial charge in [0.2, 0.25) is 0 Å². The quantitative estimate of drug-likeness (QED) is 0.865. The third-order valence-corrected chi connectivity index (χ3v) is 3.30. The molecule has 2 aromatic rings. The number of rotatable bonds is 2. The summed E-state index contributed by atoms with van der Waals surface area (Å²) in [4.78, 5) is 0. The minimum Gasteiger partial charge on any atom is -0.296 e. The van der Waals surface area contributed by atoms with Gasteiger partial charge >= 0.3 is 6.18 Å². The number of H-pyrrole nitrogens is 1. The maximum absolute atomic E-state index is 12.6. The monoisotopic (exact) mass is 289 g/mol. The van der Waals surface area contributed by atoms with Crippen molar-refractivity contribution in [3.8, 4) is 11.5 Å². The van der Waals surface area contributed by atoms with E-state index >= 15 is 0 Å². The number of aromatic nitrogens is 5. The van der Waals surface area contributed by atoms with E-state index < -0.39 is 11.9 Å². The molecule has 0 unspecified atom stereocenters. The van der Waals surface area contributed by atoms with E-state index in [2.05, 4.69) is 15.3 Å². The molecule has 19 heavy (non-hydrogen) atoms. The molecule has 5 nitrogen and oxygen atoms in total. The fourth-order valence-corrected chi connectivity index (χ4v) is 2.25. The molecule has 0 aliphatic heterocycles. The molecule has 1 fully saturated rings. The summed E-state index contributed by atoms with van der Waals surface area (Å²) in [6.07, 6.45) is -2.54. The Morgan fingerprint density at radius 3 is 2.63 bits per heavy atom. The molecule has 3 rings (SSSR count). The van der Waals surface area contributed by atoms with E-state index in [-0.39, 0.29) is 6.04 Å². The largest absolute Gasteiger partial charge is 0.435 e. The lowest BCUT2D eigenvalue weighted by Crippen LogP contribution is -2.06. The molecule has 0 radical (unpaired) electrons. The lowest BCUT2D eigenvalue weighted by molar-refractivity contribution is -0.141. The van der Waals surface area contributed by atoms with Crippen LogP contribution in [0.1, 0.15) is 24.6 Å². The smallest absolute Gasteiger partial charge is 0.296 e. The average Bonchev–Trinajstić information content (AvgIpc) is 2.95. The second-order valence-corrected chi connectivity index (χ2v) is 4.88. The maximum atomic E-state index is 12.6. The standard InChI is InChI=1S/C10H10F3N5S/c1-17-6(4-7(16-17)10(11,12)13)8-14-15-9(19)18(8)5-2-3-5/h4-5H,2-3H2,1H3,(H,15,19). The van der Waals surface area contributed by atoms with E-state index in [1.54, 1.807) is 4.57 Å². The molecule has 0 amide bonds. The third-order valence-electron chi connectivity index (χ3n) is 3.02. The van der Waals surface area contributed by atoms with Crippen LogP contribution in [0.5, 0.6) is 0 Å². The average molecular weight is 289 g/mol. The van der Waals surface area contributed by atoms with Gasteiger partial charge in [0, 0.05) is 13.1 Å². The van der Waals surface area contributed by atoms with Crippen molar-refractivity contribution in [1.29, 1.82) is 0 Å². The summed E-state index contributed by atoms with van der Waals surface area (Å²) in [7, 11) is 1.46. The van der Waals surface area contributed by atoms with E-state index in [0.717, 1.165) is 18.9 Å². The van der Waals surface area contributed by atoms with Gasteiger partial charge in [-0.3, -0.25) is 14.3 Å². The molecular weight excluding hydrogens is 279 g/mol. The van der Waals surface area contributed by atoms with E-state index in [1.807, 2.05) is 0 Å². The van der Waals surface area contributed by atoms with Gasteiger partial charge in [-0.05, 0) is 31.1 Å². The Hall–Kier alpha value is -1.64. The Morgan fingerprint density at radius 2 is 2.11 bits per heavy atom. The Morgan fingerprint density at radius 1 is 1.42 bits per heavy atom. The van der Waals surface area contributed by atoms with Crippen molar-refractivity contribution in [2.24, 2.45) is 7.05 Å². The van der Waals surface area contributed by atoms with E-state index in [4.69, 9.17) is 12.2 Å². The zero-order valence-corrected chi connectivity index (χ0v) is 10.7. The van der Waals surface area contributed by atoms with Gasteiger partial charge in [0.1, 0.15) is 5.69 Å². The van der Waals surface area contributed by atoms with Crippen molar-refractivity contribution in [2.75, 3.05) is 0 Å². The van der Waals surface area contributed by atoms with Gasteiger partial charge in [-0.1, -0.05) is 0 Å². The maximum Gasteiger partial charge on any atom is 0.435 e. The summed E-state index contributed by atoms with van der Waals surface area (Å²) in [5.41, 5.74) is -0.632. The van der Waals surface area contributed by atoms with Crippen molar-refractivity contribution in [3.63, 3.8) is 0 Å². The fraction of sp³-hybridized carbons (Fsp3) is 0.500. The topological polar surface area (TPSA) is 51.4 Å². The molecule has 0 bridgehead atoms. The van der Waals surface area contributed by atoms with Crippen molar-refractivity contribution >= 4 is 12.2 Å². The first-order chi connectivity index (χ1) is 8.88. The van der Waals surface area contributed by atoms with Crippen LogP contribution in [0.2, 0.25) is 0 Å². The molecule has 1 aliphatic rings. The van der Waals surface area contributed by atoms with Gasteiger partial charge in [0.25, 0.3) is 0 Å². The molecular formula is C10H10F3N5S. The SMILES string of the molecule is Cn1nc(C(F)(F)F)cc1-c1n[nH]c(=S)n1C1CC1. The zero-order chi connectivity index (χ0) is 13.8. The summed E-state index contributed by atoms with van der Waals surface area (Å²) in [6, 6.07) is 1.22. The van der Waals surface area contributed by atoms with Crippen LogP contribution >= 0.6 is 12.2 Å². The predicted molar refractivity (Wildman–Crippen MR) is 62.9 cm³/mol. The van der Waals surface area contributed by atoms with Crippen LogP contribution in [0.4, 0.5) is 13.2 Å². The normalized spacial score (nSPS) is 16.0. The molecule has 0 saturated heterocycles. The molecule has 1 saturated carbocycles. The van der Waals surface area contributed by atoms with E-state index in [1.165, 1.54) is 11.7 Å². The molecule has 1 aliphatic carbocycles. The van der Waals surface area contributed by atoms with Crippen molar-refractivity contribution in [3.05, 3.63) is 16.5 Å². The number of aromatic amines is 1. The Bertz CT molecular complexity index is 676.